The molecule has 1 fully saturated rings. The number of likely N-dealkylation sites (tertiary alicyclic amines) is 1. The van der Waals surface area contributed by atoms with Crippen molar-refractivity contribution in [3.8, 4) is 11.3 Å². The van der Waals surface area contributed by atoms with Gasteiger partial charge in [-0.15, -0.1) is 0 Å². The molecule has 0 bridgehead atoms. The van der Waals surface area contributed by atoms with Crippen LogP contribution in [0.15, 0.2) is 54.7 Å². The van der Waals surface area contributed by atoms with Crippen molar-refractivity contribution >= 4 is 17.2 Å². The van der Waals surface area contributed by atoms with Crippen LogP contribution < -0.4 is 5.73 Å². The zero-order valence-electron chi connectivity index (χ0n) is 21.7. The quantitative estimate of drug-likeness (QED) is 0.298. The molecule has 2 N–H and O–H groups in total. The Morgan fingerprint density at radius 1 is 1.15 bits per heavy atom. The number of benzene rings is 2. The Hall–Kier alpha value is -3.95. The molecule has 5 rings (SSSR count). The summed E-state index contributed by atoms with van der Waals surface area (Å²) in [5, 5.41) is 0. The highest BCUT2D eigenvalue weighted by atomic mass is 19.4. The van der Waals surface area contributed by atoms with Crippen molar-refractivity contribution in [2.45, 2.75) is 51.1 Å². The number of halogens is 4. The van der Waals surface area contributed by atoms with Crippen molar-refractivity contribution in [2.24, 2.45) is 0 Å². The molecule has 39 heavy (non-hydrogen) atoms. The molecule has 0 saturated carbocycles. The summed E-state index contributed by atoms with van der Waals surface area (Å²) >= 11 is 0. The van der Waals surface area contributed by atoms with E-state index in [1.54, 1.807) is 11.0 Å². The van der Waals surface area contributed by atoms with Gasteiger partial charge in [-0.3, -0.25) is 9.20 Å². The van der Waals surface area contributed by atoms with Crippen LogP contribution in [-0.2, 0) is 11.0 Å². The summed E-state index contributed by atoms with van der Waals surface area (Å²) in [5.74, 6) is -0.392. The molecule has 1 amide bonds. The zero-order chi connectivity index (χ0) is 27.9. The molecule has 10 heteroatoms. The Labute approximate surface area is 223 Å². The maximum Gasteiger partial charge on any atom is 0.416 e. The summed E-state index contributed by atoms with van der Waals surface area (Å²) in [5.41, 5.74) is 8.38. The maximum atomic E-state index is 15.2. The number of amides is 1. The molecule has 1 aliphatic rings. The van der Waals surface area contributed by atoms with Crippen LogP contribution in [-0.4, -0.2) is 38.3 Å². The molecule has 0 spiro atoms. The largest absolute Gasteiger partial charge is 0.416 e. The lowest BCUT2D eigenvalue weighted by Crippen LogP contribution is -2.39. The summed E-state index contributed by atoms with van der Waals surface area (Å²) in [7, 11) is 0. The van der Waals surface area contributed by atoms with E-state index in [9.17, 15) is 18.0 Å². The van der Waals surface area contributed by atoms with Gasteiger partial charge in [0.15, 0.2) is 0 Å². The van der Waals surface area contributed by atoms with Crippen LogP contribution >= 0.6 is 0 Å². The van der Waals surface area contributed by atoms with Crippen LogP contribution in [0.2, 0.25) is 0 Å². The fourth-order valence-corrected chi connectivity index (χ4v) is 5.35. The van der Waals surface area contributed by atoms with Crippen LogP contribution in [0.25, 0.3) is 16.8 Å². The number of nitrogens with two attached hydrogens (primary N) is 1. The van der Waals surface area contributed by atoms with Crippen molar-refractivity contribution in [2.75, 3.05) is 18.8 Å². The van der Waals surface area contributed by atoms with Crippen LogP contribution in [0, 0.1) is 5.95 Å². The molecule has 1 saturated heterocycles. The molecule has 2 aromatic heterocycles. The number of rotatable bonds is 5. The molecule has 2 atom stereocenters. The monoisotopic (exact) mass is 539 g/mol. The number of piperidine rings is 1. The summed E-state index contributed by atoms with van der Waals surface area (Å²) in [6, 6.07) is 12.6. The third kappa shape index (κ3) is 5.07. The predicted molar refractivity (Wildman–Crippen MR) is 141 cm³/mol. The van der Waals surface area contributed by atoms with E-state index in [1.807, 2.05) is 38.1 Å². The number of alkyl halides is 3. The van der Waals surface area contributed by atoms with Gasteiger partial charge < -0.3 is 10.6 Å². The van der Waals surface area contributed by atoms with E-state index in [2.05, 4.69) is 4.98 Å². The van der Waals surface area contributed by atoms with E-state index in [-0.39, 0.29) is 23.6 Å². The Balaban J connectivity index is 1.52. The van der Waals surface area contributed by atoms with Crippen molar-refractivity contribution in [3.63, 3.8) is 0 Å². The van der Waals surface area contributed by atoms with Crippen molar-refractivity contribution < 1.29 is 22.4 Å². The molecular formula is C29H29F4N5O. The molecule has 3 heterocycles. The fourth-order valence-electron chi connectivity index (χ4n) is 5.35. The highest BCUT2D eigenvalue weighted by molar-refractivity contribution is 5.85. The Bertz CT molecular complexity index is 1510. The van der Waals surface area contributed by atoms with Gasteiger partial charge in [0.2, 0.25) is 11.9 Å². The first-order valence-electron chi connectivity index (χ1n) is 13.0. The van der Waals surface area contributed by atoms with E-state index in [0.29, 0.717) is 47.7 Å². The number of aromatic nitrogens is 3. The van der Waals surface area contributed by atoms with Crippen LogP contribution in [0.4, 0.5) is 23.4 Å². The first kappa shape index (κ1) is 26.6. The summed E-state index contributed by atoms with van der Waals surface area (Å²) in [6.07, 6.45) is -1.42. The topological polar surface area (TPSA) is 76.5 Å². The molecule has 0 radical (unpaired) electrons. The van der Waals surface area contributed by atoms with Crippen molar-refractivity contribution in [1.82, 2.24) is 19.3 Å². The number of imidazole rings is 1. The number of carbonyl (C=O) groups is 1. The SMILES string of the molecule is CCC(=O)N1CCC[C@@H](c2nc(-c3ccc([C@H](C)c4cccc(C(F)(F)F)c4)cc3)c3c(N)ncc(F)n23)C1. The number of anilines is 1. The van der Waals surface area contributed by atoms with E-state index in [4.69, 9.17) is 10.7 Å². The average molecular weight is 540 g/mol. The Morgan fingerprint density at radius 3 is 2.59 bits per heavy atom. The van der Waals surface area contributed by atoms with Gasteiger partial charge in [-0.1, -0.05) is 56.3 Å². The number of nitrogen functional groups attached to an aromatic ring is 1. The van der Waals surface area contributed by atoms with Gasteiger partial charge >= 0.3 is 6.18 Å². The van der Waals surface area contributed by atoms with E-state index < -0.39 is 17.7 Å². The van der Waals surface area contributed by atoms with E-state index >= 15 is 4.39 Å². The van der Waals surface area contributed by atoms with Gasteiger partial charge in [0, 0.05) is 36.9 Å². The lowest BCUT2D eigenvalue weighted by molar-refractivity contribution is -0.137. The minimum Gasteiger partial charge on any atom is -0.382 e. The molecule has 0 aliphatic carbocycles. The van der Waals surface area contributed by atoms with E-state index in [0.717, 1.165) is 30.7 Å². The van der Waals surface area contributed by atoms with Gasteiger partial charge in [0.05, 0.1) is 11.8 Å². The average Bonchev–Trinajstić information content (AvgIpc) is 3.36. The Morgan fingerprint density at radius 2 is 1.90 bits per heavy atom. The number of carbonyl (C=O) groups excluding carboxylic acids is 1. The minimum absolute atomic E-state index is 0.0490. The highest BCUT2D eigenvalue weighted by Gasteiger charge is 2.31. The number of fused-ring (bicyclic) bond motifs is 1. The first-order valence-corrected chi connectivity index (χ1v) is 13.0. The van der Waals surface area contributed by atoms with Gasteiger partial charge in [-0.2, -0.15) is 17.6 Å². The van der Waals surface area contributed by atoms with E-state index in [1.165, 1.54) is 16.5 Å². The fraction of sp³-hybridized carbons (Fsp3) is 0.345. The molecule has 204 valence electrons. The molecule has 4 aromatic rings. The van der Waals surface area contributed by atoms with Crippen molar-refractivity contribution in [1.29, 1.82) is 0 Å². The molecule has 2 aromatic carbocycles. The third-order valence-corrected chi connectivity index (χ3v) is 7.51. The van der Waals surface area contributed by atoms with Gasteiger partial charge in [-0.25, -0.2) is 9.97 Å². The first-order chi connectivity index (χ1) is 18.6. The minimum atomic E-state index is -4.41. The second kappa shape index (κ2) is 10.3. The maximum absolute atomic E-state index is 15.2. The van der Waals surface area contributed by atoms with Crippen LogP contribution in [0.1, 0.15) is 67.5 Å². The zero-order valence-corrected chi connectivity index (χ0v) is 21.7. The third-order valence-electron chi connectivity index (χ3n) is 7.51. The molecular weight excluding hydrogens is 510 g/mol. The Kier molecular flexibility index (Phi) is 7.05. The van der Waals surface area contributed by atoms with Gasteiger partial charge in [0.25, 0.3) is 0 Å². The second-order valence-electron chi connectivity index (χ2n) is 9.97. The smallest absolute Gasteiger partial charge is 0.382 e. The lowest BCUT2D eigenvalue weighted by Gasteiger charge is -2.32. The predicted octanol–water partition coefficient (Wildman–Crippen LogP) is 6.40. The summed E-state index contributed by atoms with van der Waals surface area (Å²) < 4.78 is 56.2. The summed E-state index contributed by atoms with van der Waals surface area (Å²) in [6.45, 7) is 4.77. The van der Waals surface area contributed by atoms with Crippen LogP contribution in [0.3, 0.4) is 0 Å². The lowest BCUT2D eigenvalue weighted by atomic mass is 9.91. The van der Waals surface area contributed by atoms with Gasteiger partial charge in [-0.05, 0) is 30.0 Å². The standard InChI is InChI=1S/C29H29F4N5O/c1-3-24(39)37-13-5-7-21(16-37)28-36-25(26-27(34)35-15-23(30)38(26)28)19-11-9-18(10-12-19)17(2)20-6-4-8-22(14-20)29(31,32)33/h4,6,8-12,14-15,17,21H,3,5,7,13,16H2,1-2H3,(H2,34,35)/t17-,21+/m0/s1. The van der Waals surface area contributed by atoms with Crippen molar-refractivity contribution in [3.05, 3.63) is 83.2 Å². The van der Waals surface area contributed by atoms with Crippen LogP contribution in [0.5, 0.6) is 0 Å². The molecule has 0 unspecified atom stereocenters. The number of hydrogen-bond donors (Lipinski definition) is 1. The highest BCUT2D eigenvalue weighted by Crippen LogP contribution is 2.36. The molecule has 1 aliphatic heterocycles. The second-order valence-corrected chi connectivity index (χ2v) is 9.97. The van der Waals surface area contributed by atoms with Gasteiger partial charge in [0.1, 0.15) is 22.9 Å². The summed E-state index contributed by atoms with van der Waals surface area (Å²) in [4.78, 5) is 23.0. The number of nitrogens with zero attached hydrogens (tertiary/aromatic N) is 4. The molecule has 6 nitrogen and oxygen atoms in total. The normalized spacial score (nSPS) is 17.0. The number of hydrogen-bond acceptors (Lipinski definition) is 4.